The Balaban J connectivity index is 1.76. The van der Waals surface area contributed by atoms with Crippen molar-refractivity contribution in [3.05, 3.63) is 71.3 Å². The molecular weight excluding hydrogens is 336 g/mol. The van der Waals surface area contributed by atoms with E-state index in [1.165, 1.54) is 34.6 Å². The standard InChI is InChI=1S/C17H17F2NO3S/c18-14-7-5-13(6-8-14)12-24(21,22)20-9-10-23-17(11-20)15-3-1-2-4-16(15)19/h1-8,17H,9-12H2. The summed E-state index contributed by atoms with van der Waals surface area (Å²) in [5.74, 6) is -1.06. The zero-order chi connectivity index (χ0) is 17.2. The summed E-state index contributed by atoms with van der Waals surface area (Å²) >= 11 is 0. The lowest BCUT2D eigenvalue weighted by atomic mass is 10.1. The van der Waals surface area contributed by atoms with E-state index in [1.54, 1.807) is 18.2 Å². The smallest absolute Gasteiger partial charge is 0.218 e. The second kappa shape index (κ2) is 6.96. The minimum absolute atomic E-state index is 0.0600. The molecule has 24 heavy (non-hydrogen) atoms. The van der Waals surface area contributed by atoms with Crippen molar-refractivity contribution in [1.82, 2.24) is 4.31 Å². The zero-order valence-electron chi connectivity index (χ0n) is 12.9. The number of sulfonamides is 1. The summed E-state index contributed by atoms with van der Waals surface area (Å²) in [5.41, 5.74) is 0.851. The Labute approximate surface area is 139 Å². The molecular formula is C17H17F2NO3S. The van der Waals surface area contributed by atoms with Gasteiger partial charge in [-0.1, -0.05) is 30.3 Å². The van der Waals surface area contributed by atoms with Crippen molar-refractivity contribution in [2.45, 2.75) is 11.9 Å². The maximum absolute atomic E-state index is 13.9. The largest absolute Gasteiger partial charge is 0.371 e. The lowest BCUT2D eigenvalue weighted by molar-refractivity contribution is -0.00447. The molecule has 1 saturated heterocycles. The lowest BCUT2D eigenvalue weighted by Crippen LogP contribution is -2.42. The van der Waals surface area contributed by atoms with Crippen LogP contribution in [0.4, 0.5) is 8.78 Å². The van der Waals surface area contributed by atoms with Gasteiger partial charge < -0.3 is 4.74 Å². The number of hydrogen-bond donors (Lipinski definition) is 0. The molecule has 0 bridgehead atoms. The lowest BCUT2D eigenvalue weighted by Gasteiger charge is -2.32. The van der Waals surface area contributed by atoms with E-state index in [2.05, 4.69) is 0 Å². The summed E-state index contributed by atoms with van der Waals surface area (Å²) in [4.78, 5) is 0. The predicted molar refractivity (Wildman–Crippen MR) is 85.7 cm³/mol. The van der Waals surface area contributed by atoms with Crippen LogP contribution in [-0.4, -0.2) is 32.4 Å². The van der Waals surface area contributed by atoms with Crippen molar-refractivity contribution >= 4 is 10.0 Å². The van der Waals surface area contributed by atoms with Crippen LogP contribution in [0, 0.1) is 11.6 Å². The van der Waals surface area contributed by atoms with E-state index in [0.717, 1.165) is 0 Å². The van der Waals surface area contributed by atoms with Gasteiger partial charge in [-0.05, 0) is 23.8 Å². The molecule has 0 radical (unpaired) electrons. The van der Waals surface area contributed by atoms with Crippen LogP contribution in [0.25, 0.3) is 0 Å². The fourth-order valence-corrected chi connectivity index (χ4v) is 4.20. The van der Waals surface area contributed by atoms with Gasteiger partial charge >= 0.3 is 0 Å². The van der Waals surface area contributed by atoms with E-state index in [0.29, 0.717) is 11.1 Å². The number of morpholine rings is 1. The maximum atomic E-state index is 13.9. The quantitative estimate of drug-likeness (QED) is 0.849. The molecule has 0 N–H and O–H groups in total. The second-order valence-electron chi connectivity index (χ2n) is 5.62. The Morgan fingerprint density at radius 1 is 1.08 bits per heavy atom. The van der Waals surface area contributed by atoms with E-state index >= 15 is 0 Å². The average Bonchev–Trinajstić information content (AvgIpc) is 2.57. The summed E-state index contributed by atoms with van der Waals surface area (Å²) in [6.07, 6.45) is -0.636. The zero-order valence-corrected chi connectivity index (χ0v) is 13.7. The van der Waals surface area contributed by atoms with Gasteiger partial charge in [-0.25, -0.2) is 17.2 Å². The third kappa shape index (κ3) is 3.80. The van der Waals surface area contributed by atoms with E-state index in [1.807, 2.05) is 0 Å². The Bertz CT molecular complexity index is 809. The SMILES string of the molecule is O=S(=O)(Cc1ccc(F)cc1)N1CCOC(c2ccccc2F)C1. The Morgan fingerprint density at radius 3 is 2.50 bits per heavy atom. The van der Waals surface area contributed by atoms with Crippen molar-refractivity contribution < 1.29 is 21.9 Å². The fourth-order valence-electron chi connectivity index (χ4n) is 2.69. The van der Waals surface area contributed by atoms with Crippen LogP contribution in [0.15, 0.2) is 48.5 Å². The van der Waals surface area contributed by atoms with E-state index in [9.17, 15) is 17.2 Å². The summed E-state index contributed by atoms with van der Waals surface area (Å²) in [6, 6.07) is 11.5. The molecule has 1 aliphatic rings. The number of rotatable bonds is 4. The van der Waals surface area contributed by atoms with Gasteiger partial charge in [0.1, 0.15) is 11.6 Å². The van der Waals surface area contributed by atoms with E-state index < -0.39 is 27.8 Å². The maximum Gasteiger partial charge on any atom is 0.218 e. The first-order valence-corrected chi connectivity index (χ1v) is 9.15. The molecule has 1 atom stereocenters. The van der Waals surface area contributed by atoms with E-state index in [-0.39, 0.29) is 25.4 Å². The van der Waals surface area contributed by atoms with Gasteiger partial charge in [0.25, 0.3) is 0 Å². The Kier molecular flexibility index (Phi) is 4.93. The molecule has 2 aromatic carbocycles. The first kappa shape index (κ1) is 17.0. The fraction of sp³-hybridized carbons (Fsp3) is 0.294. The van der Waals surface area contributed by atoms with Gasteiger partial charge in [-0.3, -0.25) is 0 Å². The number of hydrogen-bond acceptors (Lipinski definition) is 3. The molecule has 0 aromatic heterocycles. The van der Waals surface area contributed by atoms with Crippen molar-refractivity contribution in [3.8, 4) is 0 Å². The molecule has 0 amide bonds. The molecule has 1 heterocycles. The van der Waals surface area contributed by atoms with Crippen LogP contribution in [0.5, 0.6) is 0 Å². The molecule has 1 aliphatic heterocycles. The van der Waals surface area contributed by atoms with Crippen LogP contribution in [0.1, 0.15) is 17.2 Å². The summed E-state index contributed by atoms with van der Waals surface area (Å²) < 4.78 is 58.9. The molecule has 128 valence electrons. The van der Waals surface area contributed by atoms with Crippen LogP contribution >= 0.6 is 0 Å². The highest BCUT2D eigenvalue weighted by Crippen LogP contribution is 2.26. The molecule has 1 fully saturated rings. The molecule has 0 spiro atoms. The highest BCUT2D eigenvalue weighted by Gasteiger charge is 2.31. The number of halogens is 2. The highest BCUT2D eigenvalue weighted by atomic mass is 32.2. The minimum atomic E-state index is -3.59. The van der Waals surface area contributed by atoms with Gasteiger partial charge in [0.2, 0.25) is 10.0 Å². The van der Waals surface area contributed by atoms with Crippen LogP contribution < -0.4 is 0 Å². The molecule has 7 heteroatoms. The average molecular weight is 353 g/mol. The Hall–Kier alpha value is -1.83. The van der Waals surface area contributed by atoms with E-state index in [4.69, 9.17) is 4.74 Å². The second-order valence-corrected chi connectivity index (χ2v) is 7.59. The van der Waals surface area contributed by atoms with Crippen LogP contribution in [0.3, 0.4) is 0 Å². The van der Waals surface area contributed by atoms with Crippen molar-refractivity contribution in [2.24, 2.45) is 0 Å². The minimum Gasteiger partial charge on any atom is -0.371 e. The van der Waals surface area contributed by atoms with Gasteiger partial charge in [0.05, 0.1) is 18.5 Å². The molecule has 0 saturated carbocycles. The molecule has 4 nitrogen and oxygen atoms in total. The number of nitrogens with zero attached hydrogens (tertiary/aromatic N) is 1. The van der Waals surface area contributed by atoms with Crippen molar-refractivity contribution in [2.75, 3.05) is 19.7 Å². The number of ether oxygens (including phenoxy) is 1. The molecule has 0 aliphatic carbocycles. The van der Waals surface area contributed by atoms with Gasteiger partial charge in [-0.15, -0.1) is 0 Å². The van der Waals surface area contributed by atoms with Crippen LogP contribution in [-0.2, 0) is 20.5 Å². The topological polar surface area (TPSA) is 46.6 Å². The van der Waals surface area contributed by atoms with Gasteiger partial charge in [0, 0.05) is 18.7 Å². The predicted octanol–water partition coefficient (Wildman–Crippen LogP) is 2.87. The molecule has 1 unspecified atom stereocenters. The highest BCUT2D eigenvalue weighted by molar-refractivity contribution is 7.88. The normalized spacial score (nSPS) is 19.3. The van der Waals surface area contributed by atoms with Gasteiger partial charge in [-0.2, -0.15) is 4.31 Å². The number of benzene rings is 2. The summed E-state index contributed by atoms with van der Waals surface area (Å²) in [6.45, 7) is 0.473. The molecule has 2 aromatic rings. The summed E-state index contributed by atoms with van der Waals surface area (Å²) in [7, 11) is -3.59. The Morgan fingerprint density at radius 2 is 1.79 bits per heavy atom. The van der Waals surface area contributed by atoms with Crippen molar-refractivity contribution in [3.63, 3.8) is 0 Å². The molecule has 3 rings (SSSR count). The van der Waals surface area contributed by atoms with Crippen molar-refractivity contribution in [1.29, 1.82) is 0 Å². The first-order valence-electron chi connectivity index (χ1n) is 7.54. The van der Waals surface area contributed by atoms with Gasteiger partial charge in [0.15, 0.2) is 0 Å². The third-order valence-electron chi connectivity index (χ3n) is 3.94. The monoisotopic (exact) mass is 353 g/mol. The first-order chi connectivity index (χ1) is 11.5. The van der Waals surface area contributed by atoms with Crippen LogP contribution in [0.2, 0.25) is 0 Å². The third-order valence-corrected chi connectivity index (χ3v) is 5.75. The summed E-state index contributed by atoms with van der Waals surface area (Å²) in [5, 5.41) is 0.